The number of nitrogens with zero attached hydrogens (tertiary/aromatic N) is 4. The summed E-state index contributed by atoms with van der Waals surface area (Å²) in [6.45, 7) is 1.57. The quantitative estimate of drug-likeness (QED) is 0.543. The van der Waals surface area contributed by atoms with Gasteiger partial charge in [0, 0.05) is 41.0 Å². The number of carbonyl (C=O) groups is 1. The summed E-state index contributed by atoms with van der Waals surface area (Å²) >= 11 is 1.73. The second-order valence-corrected chi connectivity index (χ2v) is 9.89. The first-order chi connectivity index (χ1) is 16.4. The summed E-state index contributed by atoms with van der Waals surface area (Å²) in [6, 6.07) is 4.03. The van der Waals surface area contributed by atoms with Gasteiger partial charge in [-0.2, -0.15) is 18.3 Å². The number of amides is 1. The van der Waals surface area contributed by atoms with Crippen LogP contribution >= 0.6 is 11.3 Å². The van der Waals surface area contributed by atoms with E-state index in [1.54, 1.807) is 11.3 Å². The normalized spacial score (nSPS) is 21.9. The summed E-state index contributed by atoms with van der Waals surface area (Å²) in [5.74, 6) is 0.562. The minimum atomic E-state index is -4.46. The van der Waals surface area contributed by atoms with Gasteiger partial charge < -0.3 is 10.6 Å². The molecule has 3 aromatic rings. The van der Waals surface area contributed by atoms with Crippen LogP contribution in [0.3, 0.4) is 0 Å². The van der Waals surface area contributed by atoms with Crippen molar-refractivity contribution in [3.8, 4) is 0 Å². The topological polar surface area (TPSA) is 83.0 Å². The van der Waals surface area contributed by atoms with Gasteiger partial charge in [-0.15, -0.1) is 16.4 Å². The van der Waals surface area contributed by atoms with Gasteiger partial charge in [-0.1, -0.05) is 6.07 Å². The number of benzene rings is 1. The minimum Gasteiger partial charge on any atom is -0.359 e. The van der Waals surface area contributed by atoms with E-state index < -0.39 is 11.7 Å². The molecule has 11 heteroatoms. The molecule has 2 aliphatic rings. The lowest BCUT2D eigenvalue weighted by Gasteiger charge is -2.46. The Morgan fingerprint density at radius 2 is 1.94 bits per heavy atom. The number of anilines is 1. The first-order valence-electron chi connectivity index (χ1n) is 11.3. The number of halogens is 3. The molecule has 1 saturated carbocycles. The molecule has 0 bridgehead atoms. The van der Waals surface area contributed by atoms with Crippen molar-refractivity contribution in [2.75, 3.05) is 25.0 Å². The van der Waals surface area contributed by atoms with Crippen LogP contribution in [-0.2, 0) is 11.0 Å². The van der Waals surface area contributed by atoms with Gasteiger partial charge >= 0.3 is 6.18 Å². The number of thiazole rings is 1. The number of nitrogens with one attached hydrogen (secondary N) is 2. The maximum absolute atomic E-state index is 13.1. The molecule has 34 heavy (non-hydrogen) atoms. The molecule has 1 aromatic carbocycles. The summed E-state index contributed by atoms with van der Waals surface area (Å²) in [6.07, 6.45) is 3.59. The van der Waals surface area contributed by atoms with E-state index in [0.29, 0.717) is 17.3 Å². The molecule has 5 rings (SSSR count). The predicted octanol–water partition coefficient (Wildman–Crippen LogP) is 4.04. The molecule has 2 N–H and O–H groups in total. The van der Waals surface area contributed by atoms with Crippen LogP contribution in [0, 0.1) is 0 Å². The molecule has 180 valence electrons. The molecular formula is C23H25F3N6OS. The van der Waals surface area contributed by atoms with Crippen molar-refractivity contribution in [2.24, 2.45) is 0 Å². The van der Waals surface area contributed by atoms with E-state index in [2.05, 4.69) is 30.7 Å². The Morgan fingerprint density at radius 3 is 2.65 bits per heavy atom. The largest absolute Gasteiger partial charge is 0.416 e. The molecule has 0 spiro atoms. The molecule has 3 heterocycles. The Bertz CT molecular complexity index is 1140. The third-order valence-corrected chi connectivity index (χ3v) is 7.69. The number of alkyl halides is 3. The lowest BCUT2D eigenvalue weighted by molar-refractivity contribution is -0.137. The van der Waals surface area contributed by atoms with Crippen LogP contribution in [0.2, 0.25) is 0 Å². The van der Waals surface area contributed by atoms with Crippen LogP contribution in [0.1, 0.15) is 42.0 Å². The van der Waals surface area contributed by atoms with Crippen LogP contribution in [0.15, 0.2) is 36.1 Å². The van der Waals surface area contributed by atoms with Crippen molar-refractivity contribution in [2.45, 2.75) is 49.9 Å². The molecule has 0 unspecified atom stereocenters. The van der Waals surface area contributed by atoms with E-state index in [0.717, 1.165) is 38.1 Å². The molecule has 1 saturated heterocycles. The van der Waals surface area contributed by atoms with Gasteiger partial charge in [0.05, 0.1) is 29.9 Å². The van der Waals surface area contributed by atoms with E-state index in [1.165, 1.54) is 30.0 Å². The summed E-state index contributed by atoms with van der Waals surface area (Å²) in [4.78, 5) is 20.4. The minimum absolute atomic E-state index is 0.0828. The van der Waals surface area contributed by atoms with E-state index in [1.807, 2.05) is 11.7 Å². The Kier molecular flexibility index (Phi) is 6.39. The smallest absolute Gasteiger partial charge is 0.359 e. The number of aromatic nitrogens is 3. The molecule has 1 amide bonds. The van der Waals surface area contributed by atoms with Crippen LogP contribution < -0.4 is 10.6 Å². The van der Waals surface area contributed by atoms with Crippen LogP contribution in [-0.4, -0.2) is 57.7 Å². The molecule has 0 radical (unpaired) electrons. The van der Waals surface area contributed by atoms with E-state index in [-0.39, 0.29) is 29.7 Å². The average molecular weight is 491 g/mol. The fraction of sp³-hybridized carbons (Fsp3) is 0.478. The van der Waals surface area contributed by atoms with Gasteiger partial charge in [0.25, 0.3) is 0 Å². The van der Waals surface area contributed by atoms with Crippen molar-refractivity contribution >= 4 is 33.8 Å². The SMILES string of the molecule is O=C(CNc1nncc2ccc(C(F)(F)F)cc12)NC1CN([C@H]2CC[C@@H](c3cncs3)CC2)C1. The fourth-order valence-corrected chi connectivity index (χ4v) is 5.67. The number of hydrogen-bond donors (Lipinski definition) is 2. The third-order valence-electron chi connectivity index (χ3n) is 6.75. The highest BCUT2D eigenvalue weighted by atomic mass is 32.1. The molecule has 1 aliphatic carbocycles. The Labute approximate surface area is 198 Å². The van der Waals surface area contributed by atoms with Gasteiger partial charge in [0.15, 0.2) is 5.82 Å². The zero-order valence-corrected chi connectivity index (χ0v) is 19.2. The van der Waals surface area contributed by atoms with Gasteiger partial charge in [-0.25, -0.2) is 0 Å². The number of carbonyl (C=O) groups excluding carboxylic acids is 1. The third kappa shape index (κ3) is 5.00. The Hall–Kier alpha value is -2.79. The highest BCUT2D eigenvalue weighted by Gasteiger charge is 2.35. The lowest BCUT2D eigenvalue weighted by atomic mass is 9.83. The number of rotatable bonds is 6. The van der Waals surface area contributed by atoms with Crippen molar-refractivity contribution in [3.05, 3.63) is 46.5 Å². The molecule has 1 aliphatic heterocycles. The maximum Gasteiger partial charge on any atom is 0.416 e. The van der Waals surface area contributed by atoms with Crippen molar-refractivity contribution < 1.29 is 18.0 Å². The summed E-state index contributed by atoms with van der Waals surface area (Å²) in [7, 11) is 0. The van der Waals surface area contributed by atoms with Crippen LogP contribution in [0.4, 0.5) is 19.0 Å². The van der Waals surface area contributed by atoms with E-state index >= 15 is 0 Å². The van der Waals surface area contributed by atoms with Gasteiger partial charge in [0.1, 0.15) is 0 Å². The second-order valence-electron chi connectivity index (χ2n) is 8.97. The zero-order valence-electron chi connectivity index (χ0n) is 18.4. The standard InChI is InChI=1S/C23H25F3N6OS/c24-23(25,26)16-4-1-15-8-29-31-22(19(15)7-16)28-10-21(33)30-17-11-32(12-17)18-5-2-14(3-6-18)20-9-27-13-34-20/h1,4,7-9,13-14,17-18H,2-3,5-6,10-12H2,(H,28,31)(H,30,33)/t14-,18+. The average Bonchev–Trinajstić information content (AvgIpc) is 3.34. The Morgan fingerprint density at radius 1 is 1.15 bits per heavy atom. The van der Waals surface area contributed by atoms with Crippen molar-refractivity contribution in [3.63, 3.8) is 0 Å². The molecule has 2 aromatic heterocycles. The number of hydrogen-bond acceptors (Lipinski definition) is 7. The molecule has 7 nitrogen and oxygen atoms in total. The van der Waals surface area contributed by atoms with Crippen LogP contribution in [0.25, 0.3) is 10.8 Å². The predicted molar refractivity (Wildman–Crippen MR) is 124 cm³/mol. The number of fused-ring (bicyclic) bond motifs is 1. The molecular weight excluding hydrogens is 465 g/mol. The van der Waals surface area contributed by atoms with Crippen LogP contribution in [0.5, 0.6) is 0 Å². The molecule has 0 atom stereocenters. The highest BCUT2D eigenvalue weighted by Crippen LogP contribution is 2.37. The Balaban J connectivity index is 1.09. The van der Waals surface area contributed by atoms with E-state index in [4.69, 9.17) is 0 Å². The van der Waals surface area contributed by atoms with Crippen molar-refractivity contribution in [1.29, 1.82) is 0 Å². The van der Waals surface area contributed by atoms with Gasteiger partial charge in [-0.05, 0) is 43.7 Å². The van der Waals surface area contributed by atoms with E-state index in [9.17, 15) is 18.0 Å². The maximum atomic E-state index is 13.1. The fourth-order valence-electron chi connectivity index (χ4n) is 4.88. The van der Waals surface area contributed by atoms with Gasteiger partial charge in [-0.3, -0.25) is 14.7 Å². The lowest BCUT2D eigenvalue weighted by Crippen LogP contribution is -2.63. The highest BCUT2D eigenvalue weighted by molar-refractivity contribution is 7.09. The molecule has 2 fully saturated rings. The zero-order chi connectivity index (χ0) is 23.7. The summed E-state index contributed by atoms with van der Waals surface area (Å²) < 4.78 is 39.2. The first-order valence-corrected chi connectivity index (χ1v) is 12.2. The van der Waals surface area contributed by atoms with Gasteiger partial charge in [0.2, 0.25) is 5.91 Å². The van der Waals surface area contributed by atoms with Crippen molar-refractivity contribution in [1.82, 2.24) is 25.4 Å². The first kappa shape index (κ1) is 23.0. The monoisotopic (exact) mass is 490 g/mol. The summed E-state index contributed by atoms with van der Waals surface area (Å²) in [5.41, 5.74) is 1.13. The summed E-state index contributed by atoms with van der Waals surface area (Å²) in [5, 5.41) is 14.3. The number of likely N-dealkylation sites (tertiary alicyclic amines) is 1. The second kappa shape index (κ2) is 9.46.